The molecule has 0 aliphatic rings. The molecule has 0 saturated heterocycles. The summed E-state index contributed by atoms with van der Waals surface area (Å²) in [5.41, 5.74) is 2.73. The molecule has 1 N–H and O–H groups in total. The molecule has 1 atom stereocenters. The Balaban J connectivity index is 1.74. The quantitative estimate of drug-likeness (QED) is 0.370. The van der Waals surface area contributed by atoms with Crippen LogP contribution >= 0.6 is 0 Å². The number of hydrogen-bond donors (Lipinski definition) is 1. The van der Waals surface area contributed by atoms with Crippen LogP contribution in [0.1, 0.15) is 18.9 Å². The number of aryl methyl sites for hydroxylation is 1. The predicted octanol–water partition coefficient (Wildman–Crippen LogP) is 2.26. The maximum Gasteiger partial charge on any atom is 0.320 e. The van der Waals surface area contributed by atoms with Crippen molar-refractivity contribution < 1.29 is 22.7 Å². The van der Waals surface area contributed by atoms with Crippen LogP contribution in [0.3, 0.4) is 0 Å². The number of amides is 1. The molecule has 0 bridgehead atoms. The van der Waals surface area contributed by atoms with Crippen molar-refractivity contribution in [1.29, 1.82) is 0 Å². The van der Waals surface area contributed by atoms with Gasteiger partial charge in [0.25, 0.3) is 5.56 Å². The van der Waals surface area contributed by atoms with E-state index in [4.69, 9.17) is 4.74 Å². The second-order valence-electron chi connectivity index (χ2n) is 9.85. The smallest absolute Gasteiger partial charge is 0.320 e. The lowest BCUT2D eigenvalue weighted by atomic mass is 10.0. The number of aromatic nitrogens is 1. The molecular formula is C28H35N3O6S. The highest BCUT2D eigenvalue weighted by Crippen LogP contribution is 2.25. The summed E-state index contributed by atoms with van der Waals surface area (Å²) in [7, 11) is 1.31. The zero-order chi connectivity index (χ0) is 28.1. The van der Waals surface area contributed by atoms with E-state index in [1.165, 1.54) is 18.5 Å². The second kappa shape index (κ2) is 11.9. The van der Waals surface area contributed by atoms with E-state index in [-0.39, 0.29) is 31.0 Å². The summed E-state index contributed by atoms with van der Waals surface area (Å²) in [4.78, 5) is 38.8. The molecular weight excluding hydrogens is 506 g/mol. The van der Waals surface area contributed by atoms with E-state index in [1.807, 2.05) is 56.6 Å². The number of hydrogen-bond acceptors (Lipinski definition) is 7. The number of nitrogens with zero attached hydrogens (tertiary/aromatic N) is 2. The Labute approximate surface area is 223 Å². The summed E-state index contributed by atoms with van der Waals surface area (Å²) in [6.07, 6.45) is 3.24. The monoisotopic (exact) mass is 541 g/mol. The largest absolute Gasteiger partial charge is 0.464 e. The molecule has 3 rings (SSSR count). The molecule has 10 heteroatoms. The molecule has 1 aromatic heterocycles. The summed E-state index contributed by atoms with van der Waals surface area (Å²) < 4.78 is 29.7. The third kappa shape index (κ3) is 6.68. The Kier molecular flexibility index (Phi) is 9.11. The molecule has 0 fully saturated rings. The van der Waals surface area contributed by atoms with Crippen molar-refractivity contribution in [1.82, 2.24) is 14.8 Å². The maximum absolute atomic E-state index is 13.1. The van der Waals surface area contributed by atoms with Crippen molar-refractivity contribution in [3.8, 4) is 11.1 Å². The van der Waals surface area contributed by atoms with E-state index >= 15 is 0 Å². The fourth-order valence-corrected chi connectivity index (χ4v) is 5.06. The first-order valence-electron chi connectivity index (χ1n) is 12.3. The highest BCUT2D eigenvalue weighted by molar-refractivity contribution is 7.92. The molecule has 0 aliphatic heterocycles. The molecule has 0 aliphatic carbocycles. The minimum atomic E-state index is -3.71. The number of fused-ring (bicyclic) bond motifs is 1. The Hall–Kier alpha value is -3.50. The molecule has 0 saturated carbocycles. The Morgan fingerprint density at radius 3 is 2.32 bits per heavy atom. The zero-order valence-electron chi connectivity index (χ0n) is 22.5. The number of sulfone groups is 1. The molecule has 2 aromatic carbocycles. The molecule has 0 radical (unpaired) electrons. The van der Waals surface area contributed by atoms with Gasteiger partial charge in [0, 0.05) is 37.9 Å². The standard InChI is InChI=1S/C28H35N3O6S/c1-28(27(34)29-2,38(5,35)36)14-16-31-15-12-23-18-22(10-11-24(23)26(31)33)21-8-6-20(7-9-21)13-17-37-25(32)19-30(3)4/h6-12,15,18H,13-14,16-17,19H2,1-5H3,(H,29,34)/t28-/m0/s1. The number of ether oxygens (including phenoxy) is 1. The van der Waals surface area contributed by atoms with Crippen molar-refractivity contribution in [3.63, 3.8) is 0 Å². The number of nitrogens with one attached hydrogen (secondary N) is 1. The van der Waals surface area contributed by atoms with Gasteiger partial charge < -0.3 is 14.6 Å². The first-order valence-corrected chi connectivity index (χ1v) is 14.2. The molecule has 0 unspecified atom stereocenters. The van der Waals surface area contributed by atoms with Crippen LogP contribution in [0.2, 0.25) is 0 Å². The third-order valence-corrected chi connectivity index (χ3v) is 8.75. The maximum atomic E-state index is 13.1. The Morgan fingerprint density at radius 1 is 1.05 bits per heavy atom. The second-order valence-corrected chi connectivity index (χ2v) is 12.3. The Bertz CT molecular complexity index is 1480. The van der Waals surface area contributed by atoms with E-state index in [9.17, 15) is 22.8 Å². The highest BCUT2D eigenvalue weighted by Gasteiger charge is 2.42. The first kappa shape index (κ1) is 29.1. The molecule has 9 nitrogen and oxygen atoms in total. The van der Waals surface area contributed by atoms with Gasteiger partial charge in [-0.25, -0.2) is 8.42 Å². The molecule has 1 amide bonds. The number of carbonyl (C=O) groups is 2. The van der Waals surface area contributed by atoms with Gasteiger partial charge in [0.2, 0.25) is 5.91 Å². The van der Waals surface area contributed by atoms with Gasteiger partial charge in [0.05, 0.1) is 13.2 Å². The molecule has 38 heavy (non-hydrogen) atoms. The molecule has 3 aromatic rings. The molecule has 204 valence electrons. The van der Waals surface area contributed by atoms with Crippen molar-refractivity contribution in [2.24, 2.45) is 0 Å². The van der Waals surface area contributed by atoms with Crippen molar-refractivity contribution in [2.45, 2.75) is 31.1 Å². The van der Waals surface area contributed by atoms with Gasteiger partial charge in [-0.2, -0.15) is 0 Å². The van der Waals surface area contributed by atoms with Crippen LogP contribution in [-0.4, -0.2) is 75.1 Å². The van der Waals surface area contributed by atoms with Gasteiger partial charge >= 0.3 is 5.97 Å². The van der Waals surface area contributed by atoms with Gasteiger partial charge in [-0.05, 0) is 67.7 Å². The average molecular weight is 542 g/mol. The van der Waals surface area contributed by atoms with Crippen LogP contribution in [0.15, 0.2) is 59.5 Å². The van der Waals surface area contributed by atoms with Crippen LogP contribution in [0.5, 0.6) is 0 Å². The SMILES string of the molecule is CNC(=O)[C@](C)(CCn1ccc2cc(-c3ccc(CCOC(=O)CN(C)C)cc3)ccc2c1=O)S(C)(=O)=O. The van der Waals surface area contributed by atoms with Gasteiger partial charge in [-0.15, -0.1) is 0 Å². The summed E-state index contributed by atoms with van der Waals surface area (Å²) in [5.74, 6) is -0.854. The average Bonchev–Trinajstić information content (AvgIpc) is 2.86. The molecule has 0 spiro atoms. The number of rotatable bonds is 11. The fourth-order valence-electron chi connectivity index (χ4n) is 4.16. The minimum Gasteiger partial charge on any atom is -0.464 e. The van der Waals surface area contributed by atoms with Crippen molar-refractivity contribution in [2.75, 3.05) is 40.6 Å². The van der Waals surface area contributed by atoms with Crippen LogP contribution in [-0.2, 0) is 37.1 Å². The normalized spacial score (nSPS) is 13.3. The van der Waals surface area contributed by atoms with Gasteiger partial charge in [0.15, 0.2) is 9.84 Å². The van der Waals surface area contributed by atoms with Crippen LogP contribution in [0.25, 0.3) is 21.9 Å². The summed E-state index contributed by atoms with van der Waals surface area (Å²) in [6.45, 7) is 2.03. The van der Waals surface area contributed by atoms with Gasteiger partial charge in [-0.1, -0.05) is 30.3 Å². The van der Waals surface area contributed by atoms with E-state index in [0.717, 1.165) is 28.3 Å². The predicted molar refractivity (Wildman–Crippen MR) is 149 cm³/mol. The molecule has 1 heterocycles. The summed E-state index contributed by atoms with van der Waals surface area (Å²) in [5, 5.41) is 3.68. The summed E-state index contributed by atoms with van der Waals surface area (Å²) in [6, 6.07) is 15.3. The van der Waals surface area contributed by atoms with Crippen molar-refractivity contribution >= 4 is 32.5 Å². The van der Waals surface area contributed by atoms with E-state index in [2.05, 4.69) is 5.32 Å². The fraction of sp³-hybridized carbons (Fsp3) is 0.393. The number of pyridine rings is 1. The van der Waals surface area contributed by atoms with Gasteiger partial charge in [0.1, 0.15) is 4.75 Å². The number of carbonyl (C=O) groups excluding carboxylic acids is 2. The third-order valence-electron chi connectivity index (χ3n) is 6.72. The zero-order valence-corrected chi connectivity index (χ0v) is 23.3. The minimum absolute atomic E-state index is 0.0315. The topological polar surface area (TPSA) is 115 Å². The van der Waals surface area contributed by atoms with Crippen LogP contribution in [0.4, 0.5) is 0 Å². The number of esters is 1. The lowest BCUT2D eigenvalue weighted by Gasteiger charge is -2.26. The Morgan fingerprint density at radius 2 is 1.71 bits per heavy atom. The number of likely N-dealkylation sites (N-methyl/N-ethyl adjacent to an activating group) is 1. The van der Waals surface area contributed by atoms with E-state index in [1.54, 1.807) is 17.2 Å². The first-order chi connectivity index (χ1) is 17.9. The number of benzene rings is 2. The lowest BCUT2D eigenvalue weighted by molar-refractivity contribution is -0.144. The highest BCUT2D eigenvalue weighted by atomic mass is 32.2. The van der Waals surface area contributed by atoms with E-state index in [0.29, 0.717) is 18.4 Å². The van der Waals surface area contributed by atoms with Crippen molar-refractivity contribution in [3.05, 3.63) is 70.6 Å². The van der Waals surface area contributed by atoms with Crippen LogP contribution in [0, 0.1) is 0 Å². The summed E-state index contributed by atoms with van der Waals surface area (Å²) >= 11 is 0. The van der Waals surface area contributed by atoms with Crippen LogP contribution < -0.4 is 10.9 Å². The lowest BCUT2D eigenvalue weighted by Crippen LogP contribution is -2.49. The van der Waals surface area contributed by atoms with E-state index < -0.39 is 20.5 Å². The van der Waals surface area contributed by atoms with Gasteiger partial charge in [-0.3, -0.25) is 19.3 Å².